The Bertz CT molecular complexity index is 1680. The number of rotatable bonds is 57. The van der Waals surface area contributed by atoms with Crippen LogP contribution in [0, 0.1) is 0 Å². The summed E-state index contributed by atoms with van der Waals surface area (Å²) < 4.78 is 39.6. The number of hydrogen-bond donors (Lipinski definition) is 2. The van der Waals surface area contributed by atoms with Crippen molar-refractivity contribution in [1.29, 1.82) is 0 Å². The first kappa shape index (κ1) is 74.4. The number of phosphoric ester groups is 1. The molecule has 0 bridgehead atoms. The fraction of sp³-hybridized carbons (Fsp3) is 0.712. The Balaban J connectivity index is 4.73. The highest BCUT2D eigenvalue weighted by molar-refractivity contribution is 7.47. The second kappa shape index (κ2) is 59.5. The Labute approximate surface area is 476 Å². The molecule has 0 saturated heterocycles. The number of esters is 3. The minimum atomic E-state index is -4.76. The zero-order valence-electron chi connectivity index (χ0n) is 49.6. The Hall–Kier alpha value is -3.60. The van der Waals surface area contributed by atoms with Crippen molar-refractivity contribution in [2.45, 2.75) is 277 Å². The lowest BCUT2D eigenvalue weighted by Crippen LogP contribution is -2.30. The van der Waals surface area contributed by atoms with Gasteiger partial charge in [-0.1, -0.05) is 227 Å². The van der Waals surface area contributed by atoms with Gasteiger partial charge in [-0.15, -0.1) is 0 Å². The number of hydrogen-bond acceptors (Lipinski definition) is 10. The highest BCUT2D eigenvalue weighted by Crippen LogP contribution is 2.43. The molecule has 0 aromatic carbocycles. The maximum absolute atomic E-state index is 12.9. The molecule has 0 fully saturated rings. The van der Waals surface area contributed by atoms with Gasteiger partial charge in [-0.2, -0.15) is 0 Å². The molecule has 0 rings (SSSR count). The highest BCUT2D eigenvalue weighted by Gasteiger charge is 2.28. The lowest BCUT2D eigenvalue weighted by Gasteiger charge is -2.21. The summed E-state index contributed by atoms with van der Waals surface area (Å²) in [6, 6.07) is 0. The third kappa shape index (κ3) is 57.1. The molecule has 0 saturated carbocycles. The zero-order valence-corrected chi connectivity index (χ0v) is 50.5. The van der Waals surface area contributed by atoms with Gasteiger partial charge in [-0.3, -0.25) is 23.4 Å². The number of unbranched alkanes of at least 4 members (excludes halogenated alkanes) is 24. The first-order valence-corrected chi connectivity index (χ1v) is 32.6. The van der Waals surface area contributed by atoms with Crippen LogP contribution in [0.3, 0.4) is 0 Å². The van der Waals surface area contributed by atoms with Gasteiger partial charge in [0, 0.05) is 19.3 Å². The van der Waals surface area contributed by atoms with Crippen LogP contribution in [0.1, 0.15) is 265 Å². The van der Waals surface area contributed by atoms with Gasteiger partial charge in [0.1, 0.15) is 12.7 Å². The second-order valence-electron chi connectivity index (χ2n) is 20.5. The van der Waals surface area contributed by atoms with Crippen molar-refractivity contribution in [1.82, 2.24) is 0 Å². The molecular weight excluding hydrogens is 1000 g/mol. The molecule has 0 amide bonds. The number of allylic oxidation sites excluding steroid dienone is 16. The van der Waals surface area contributed by atoms with E-state index in [2.05, 4.69) is 118 Å². The Morgan fingerprint density at radius 3 is 1.03 bits per heavy atom. The van der Waals surface area contributed by atoms with Crippen molar-refractivity contribution in [3.8, 4) is 0 Å². The lowest BCUT2D eigenvalue weighted by molar-refractivity contribution is -0.161. The van der Waals surface area contributed by atoms with Crippen molar-refractivity contribution in [2.24, 2.45) is 0 Å². The molecule has 0 heterocycles. The molecule has 3 unspecified atom stereocenters. The Morgan fingerprint density at radius 1 is 0.372 bits per heavy atom. The van der Waals surface area contributed by atoms with Crippen LogP contribution < -0.4 is 0 Å². The minimum Gasteiger partial charge on any atom is -0.462 e. The highest BCUT2D eigenvalue weighted by atomic mass is 31.2. The fourth-order valence-corrected chi connectivity index (χ4v) is 9.08. The van der Waals surface area contributed by atoms with Crippen LogP contribution in [0.15, 0.2) is 97.2 Å². The summed E-state index contributed by atoms with van der Waals surface area (Å²) in [5.41, 5.74) is 0. The summed E-state index contributed by atoms with van der Waals surface area (Å²) in [6.45, 7) is 4.39. The number of ether oxygens (including phenoxy) is 3. The standard InChI is InChI=1S/C66H113O11P/c1-4-7-10-13-16-19-22-25-28-31-34-37-40-43-46-49-52-55-64(68)73-59-63(77-66(70)57-54-51-48-45-42-39-36-33-30-27-24-21-18-15-12-9-6-3)61-75-78(71,72)74-60-62(58-67)76-65(69)56-53-50-47-44-41-38-35-32-29-26-23-20-17-14-11-8-5-2/h7,9-10,12,16-21,25-30,62-63,67H,4-6,8,11,13-15,22-24,31-61H2,1-3H3,(H,71,72)/b10-7-,12-9-,19-16-,20-17-,21-18-,28-25-,29-26-,30-27-. The van der Waals surface area contributed by atoms with Gasteiger partial charge in [0.05, 0.1) is 19.8 Å². The Morgan fingerprint density at radius 2 is 0.667 bits per heavy atom. The average Bonchev–Trinajstić information content (AvgIpc) is 3.43. The van der Waals surface area contributed by atoms with Gasteiger partial charge < -0.3 is 24.2 Å². The summed E-state index contributed by atoms with van der Waals surface area (Å²) in [5.74, 6) is -1.49. The summed E-state index contributed by atoms with van der Waals surface area (Å²) in [4.78, 5) is 48.7. The number of carbonyl (C=O) groups is 3. The van der Waals surface area contributed by atoms with E-state index in [0.717, 1.165) is 148 Å². The molecular formula is C66H113O11P. The van der Waals surface area contributed by atoms with Crippen LogP contribution in [0.4, 0.5) is 0 Å². The zero-order chi connectivity index (χ0) is 56.9. The summed E-state index contributed by atoms with van der Waals surface area (Å²) in [5, 5.41) is 9.85. The third-order valence-corrected chi connectivity index (χ3v) is 13.9. The maximum atomic E-state index is 12.9. The molecule has 78 heavy (non-hydrogen) atoms. The van der Waals surface area contributed by atoms with E-state index in [9.17, 15) is 28.9 Å². The molecule has 0 aliphatic rings. The molecule has 0 aliphatic carbocycles. The van der Waals surface area contributed by atoms with Gasteiger partial charge in [-0.05, 0) is 116 Å². The van der Waals surface area contributed by atoms with Gasteiger partial charge in [0.15, 0.2) is 6.10 Å². The predicted molar refractivity (Wildman–Crippen MR) is 325 cm³/mol. The van der Waals surface area contributed by atoms with E-state index in [1.807, 2.05) is 0 Å². The lowest BCUT2D eigenvalue weighted by atomic mass is 10.1. The molecule has 0 aromatic heterocycles. The second-order valence-corrected chi connectivity index (χ2v) is 21.9. The van der Waals surface area contributed by atoms with E-state index in [4.69, 9.17) is 23.3 Å². The smallest absolute Gasteiger partial charge is 0.462 e. The molecule has 448 valence electrons. The van der Waals surface area contributed by atoms with E-state index in [-0.39, 0.29) is 25.9 Å². The molecule has 12 heteroatoms. The van der Waals surface area contributed by atoms with Crippen LogP contribution >= 0.6 is 7.82 Å². The van der Waals surface area contributed by atoms with E-state index in [1.165, 1.54) is 57.8 Å². The molecule has 2 N–H and O–H groups in total. The van der Waals surface area contributed by atoms with E-state index >= 15 is 0 Å². The normalized spacial score (nSPS) is 14.0. The summed E-state index contributed by atoms with van der Waals surface area (Å²) >= 11 is 0. The van der Waals surface area contributed by atoms with Gasteiger partial charge in [0.2, 0.25) is 0 Å². The fourth-order valence-electron chi connectivity index (χ4n) is 8.30. The van der Waals surface area contributed by atoms with E-state index < -0.39 is 57.8 Å². The largest absolute Gasteiger partial charge is 0.472 e. The van der Waals surface area contributed by atoms with Crippen LogP contribution in [0.25, 0.3) is 0 Å². The Kier molecular flexibility index (Phi) is 56.8. The molecule has 0 aliphatic heterocycles. The first-order chi connectivity index (χ1) is 38.2. The molecule has 0 aromatic rings. The van der Waals surface area contributed by atoms with Gasteiger partial charge in [0.25, 0.3) is 0 Å². The van der Waals surface area contributed by atoms with Crippen molar-refractivity contribution in [3.05, 3.63) is 97.2 Å². The van der Waals surface area contributed by atoms with E-state index in [0.29, 0.717) is 19.3 Å². The quantitative estimate of drug-likeness (QED) is 0.0197. The minimum absolute atomic E-state index is 0.150. The first-order valence-electron chi connectivity index (χ1n) is 31.1. The van der Waals surface area contributed by atoms with Crippen molar-refractivity contribution in [3.63, 3.8) is 0 Å². The van der Waals surface area contributed by atoms with Crippen LogP contribution in [0.5, 0.6) is 0 Å². The number of aliphatic hydroxyl groups excluding tert-OH is 1. The maximum Gasteiger partial charge on any atom is 0.472 e. The van der Waals surface area contributed by atoms with Gasteiger partial charge in [-0.25, -0.2) is 4.57 Å². The third-order valence-electron chi connectivity index (χ3n) is 13.0. The predicted octanol–water partition coefficient (Wildman–Crippen LogP) is 18.8. The van der Waals surface area contributed by atoms with Crippen molar-refractivity contribution >= 4 is 25.7 Å². The number of phosphoric acid groups is 1. The van der Waals surface area contributed by atoms with Crippen LogP contribution in [-0.4, -0.2) is 66.5 Å². The topological polar surface area (TPSA) is 155 Å². The number of aliphatic hydroxyl groups is 1. The monoisotopic (exact) mass is 1110 g/mol. The average molecular weight is 1110 g/mol. The summed E-state index contributed by atoms with van der Waals surface area (Å²) in [6.07, 6.45) is 70.6. The van der Waals surface area contributed by atoms with Crippen LogP contribution in [0.2, 0.25) is 0 Å². The van der Waals surface area contributed by atoms with Crippen LogP contribution in [-0.2, 0) is 42.2 Å². The summed E-state index contributed by atoms with van der Waals surface area (Å²) in [7, 11) is -4.76. The molecule has 11 nitrogen and oxygen atoms in total. The van der Waals surface area contributed by atoms with Crippen molar-refractivity contribution in [2.75, 3.05) is 26.4 Å². The molecule has 0 radical (unpaired) electrons. The number of carbonyl (C=O) groups excluding carboxylic acids is 3. The van der Waals surface area contributed by atoms with Crippen molar-refractivity contribution < 1.29 is 52.2 Å². The van der Waals surface area contributed by atoms with E-state index in [1.54, 1.807) is 0 Å². The molecule has 0 spiro atoms. The molecule has 3 atom stereocenters. The SMILES string of the molecule is CC/C=C\C/C=C\C/C=C\CCCCCCCCCC(=O)OCC(COP(=O)(O)OCC(CO)OC(=O)CCCCCCCCC/C=C\C/C=C\CCCCC)OC(=O)CCCCCCCCC/C=C\C/C=C\C/C=C\CC. The van der Waals surface area contributed by atoms with Gasteiger partial charge >= 0.3 is 25.7 Å².